The van der Waals surface area contributed by atoms with Crippen LogP contribution in [0.5, 0.6) is 11.5 Å². The zero-order valence-corrected chi connectivity index (χ0v) is 13.0. The lowest BCUT2D eigenvalue weighted by Gasteiger charge is -2.31. The third-order valence-electron chi connectivity index (χ3n) is 4.40. The van der Waals surface area contributed by atoms with E-state index in [1.165, 1.54) is 36.8 Å². The van der Waals surface area contributed by atoms with Crippen LogP contribution in [0.15, 0.2) is 12.1 Å². The van der Waals surface area contributed by atoms with Gasteiger partial charge in [0.1, 0.15) is 0 Å². The number of alkyl halides is 1. The van der Waals surface area contributed by atoms with E-state index in [0.717, 1.165) is 11.5 Å². The molecule has 19 heavy (non-hydrogen) atoms. The number of rotatable bonds is 4. The van der Waals surface area contributed by atoms with Crippen molar-refractivity contribution in [3.63, 3.8) is 0 Å². The summed E-state index contributed by atoms with van der Waals surface area (Å²) in [4.78, 5) is 0. The van der Waals surface area contributed by atoms with Gasteiger partial charge in [-0.1, -0.05) is 19.8 Å². The van der Waals surface area contributed by atoms with Gasteiger partial charge in [0.25, 0.3) is 0 Å². The van der Waals surface area contributed by atoms with Gasteiger partial charge in [0.05, 0.1) is 19.6 Å². The van der Waals surface area contributed by atoms with Gasteiger partial charge in [-0.3, -0.25) is 0 Å². The van der Waals surface area contributed by atoms with Gasteiger partial charge in [-0.2, -0.15) is 0 Å². The Hall–Kier alpha value is -0.890. The summed E-state index contributed by atoms with van der Waals surface area (Å²) in [7, 11) is 3.32. The highest BCUT2D eigenvalue weighted by Gasteiger charge is 2.37. The van der Waals surface area contributed by atoms with Crippen molar-refractivity contribution < 1.29 is 9.47 Å². The molecule has 106 valence electrons. The van der Waals surface area contributed by atoms with E-state index in [1.807, 2.05) is 12.1 Å². The van der Waals surface area contributed by atoms with E-state index in [-0.39, 0.29) is 10.8 Å². The van der Waals surface area contributed by atoms with E-state index < -0.39 is 0 Å². The van der Waals surface area contributed by atoms with Gasteiger partial charge in [0.15, 0.2) is 11.5 Å². The van der Waals surface area contributed by atoms with Crippen LogP contribution in [0.25, 0.3) is 0 Å². The van der Waals surface area contributed by atoms with Gasteiger partial charge >= 0.3 is 0 Å². The van der Waals surface area contributed by atoms with E-state index >= 15 is 0 Å². The van der Waals surface area contributed by atoms with Crippen LogP contribution in [0, 0.1) is 12.3 Å². The predicted octanol–water partition coefficient (Wildman–Crippen LogP) is 4.87. The molecule has 1 aromatic rings. The average molecular weight is 283 g/mol. The highest BCUT2D eigenvalue weighted by atomic mass is 35.5. The first-order chi connectivity index (χ1) is 9.01. The molecule has 0 spiro atoms. The molecular weight excluding hydrogens is 260 g/mol. The largest absolute Gasteiger partial charge is 0.493 e. The lowest BCUT2D eigenvalue weighted by atomic mass is 9.80. The number of methoxy groups -OCH3 is 2. The summed E-state index contributed by atoms with van der Waals surface area (Å²) in [5.41, 5.74) is 2.54. The molecule has 0 heterocycles. The minimum atomic E-state index is 0.0369. The third-order valence-corrected chi connectivity index (χ3v) is 5.16. The van der Waals surface area contributed by atoms with E-state index in [1.54, 1.807) is 14.2 Å². The molecule has 1 unspecified atom stereocenters. The maximum Gasteiger partial charge on any atom is 0.161 e. The van der Waals surface area contributed by atoms with E-state index in [9.17, 15) is 0 Å². The smallest absolute Gasteiger partial charge is 0.161 e. The topological polar surface area (TPSA) is 18.5 Å². The van der Waals surface area contributed by atoms with Gasteiger partial charge < -0.3 is 9.47 Å². The van der Waals surface area contributed by atoms with Gasteiger partial charge in [-0.15, -0.1) is 11.6 Å². The van der Waals surface area contributed by atoms with Crippen molar-refractivity contribution in [1.29, 1.82) is 0 Å². The lowest BCUT2D eigenvalue weighted by Crippen LogP contribution is -2.19. The van der Waals surface area contributed by atoms with Crippen molar-refractivity contribution in [3.8, 4) is 11.5 Å². The Morgan fingerprint density at radius 2 is 1.63 bits per heavy atom. The Kier molecular flexibility index (Phi) is 4.29. The Morgan fingerprint density at radius 3 is 2.16 bits per heavy atom. The van der Waals surface area contributed by atoms with Gasteiger partial charge in [-0.05, 0) is 48.4 Å². The fourth-order valence-corrected chi connectivity index (χ4v) is 3.53. The highest BCUT2D eigenvalue weighted by molar-refractivity contribution is 6.21. The molecule has 0 amide bonds. The van der Waals surface area contributed by atoms with E-state index in [2.05, 4.69) is 13.8 Å². The molecule has 0 radical (unpaired) electrons. The van der Waals surface area contributed by atoms with Crippen LogP contribution in [0.4, 0.5) is 0 Å². The van der Waals surface area contributed by atoms with Crippen molar-refractivity contribution in [2.24, 2.45) is 5.41 Å². The highest BCUT2D eigenvalue weighted by Crippen LogP contribution is 2.52. The number of halogens is 1. The summed E-state index contributed by atoms with van der Waals surface area (Å²) in [6.45, 7) is 4.39. The molecule has 3 heteroatoms. The quantitative estimate of drug-likeness (QED) is 0.733. The molecule has 1 aromatic carbocycles. The average Bonchev–Trinajstić information content (AvgIpc) is 2.85. The van der Waals surface area contributed by atoms with Crippen molar-refractivity contribution >= 4 is 11.6 Å². The molecule has 1 fully saturated rings. The Balaban J connectivity index is 2.38. The van der Waals surface area contributed by atoms with Crippen LogP contribution < -0.4 is 9.47 Å². The summed E-state index contributed by atoms with van der Waals surface area (Å²) in [6, 6.07) is 4.05. The van der Waals surface area contributed by atoms with Crippen molar-refractivity contribution in [3.05, 3.63) is 23.3 Å². The van der Waals surface area contributed by atoms with Crippen LogP contribution in [0.2, 0.25) is 0 Å². The molecule has 1 atom stereocenters. The summed E-state index contributed by atoms with van der Waals surface area (Å²) in [5.74, 6) is 1.53. The summed E-state index contributed by atoms with van der Waals surface area (Å²) in [6.07, 6.45) is 4.97. The van der Waals surface area contributed by atoms with Crippen LogP contribution in [0.3, 0.4) is 0 Å². The molecule has 1 aliphatic rings. The Labute approximate surface area is 121 Å². The van der Waals surface area contributed by atoms with Gasteiger partial charge in [0, 0.05) is 0 Å². The molecule has 1 saturated carbocycles. The van der Waals surface area contributed by atoms with E-state index in [4.69, 9.17) is 21.1 Å². The second-order valence-electron chi connectivity index (χ2n) is 5.79. The van der Waals surface area contributed by atoms with Gasteiger partial charge in [0.2, 0.25) is 0 Å². The molecule has 0 aromatic heterocycles. The number of hydrogen-bond donors (Lipinski definition) is 0. The number of benzene rings is 1. The fraction of sp³-hybridized carbons (Fsp3) is 0.625. The van der Waals surface area contributed by atoms with Crippen LogP contribution in [-0.4, -0.2) is 14.2 Å². The molecule has 2 nitrogen and oxygen atoms in total. The molecule has 0 aliphatic heterocycles. The molecule has 1 aliphatic carbocycles. The summed E-state index contributed by atoms with van der Waals surface area (Å²) >= 11 is 6.79. The zero-order chi connectivity index (χ0) is 14.0. The van der Waals surface area contributed by atoms with E-state index in [0.29, 0.717) is 0 Å². The monoisotopic (exact) mass is 282 g/mol. The maximum absolute atomic E-state index is 6.79. The zero-order valence-electron chi connectivity index (χ0n) is 12.3. The van der Waals surface area contributed by atoms with Crippen molar-refractivity contribution in [2.75, 3.05) is 14.2 Å². The van der Waals surface area contributed by atoms with Crippen molar-refractivity contribution in [2.45, 2.75) is 44.9 Å². The second kappa shape index (κ2) is 5.62. The second-order valence-corrected chi connectivity index (χ2v) is 6.22. The normalized spacial score (nSPS) is 19.2. The minimum Gasteiger partial charge on any atom is -0.493 e. The lowest BCUT2D eigenvalue weighted by molar-refractivity contribution is 0.318. The standard InChI is InChI=1S/C16H23ClO2/c1-11-9-13(18-3)14(19-4)10-12(11)15(17)16(2)7-5-6-8-16/h9-10,15H,5-8H2,1-4H3. The van der Waals surface area contributed by atoms with Crippen LogP contribution in [0.1, 0.15) is 49.1 Å². The minimum absolute atomic E-state index is 0.0369. The first-order valence-electron chi connectivity index (χ1n) is 6.88. The van der Waals surface area contributed by atoms with Crippen molar-refractivity contribution in [1.82, 2.24) is 0 Å². The Morgan fingerprint density at radius 1 is 1.11 bits per heavy atom. The SMILES string of the molecule is COc1cc(C)c(C(Cl)C2(C)CCCC2)cc1OC. The number of hydrogen-bond acceptors (Lipinski definition) is 2. The predicted molar refractivity (Wildman–Crippen MR) is 79.5 cm³/mol. The third kappa shape index (κ3) is 2.69. The fourth-order valence-electron chi connectivity index (χ4n) is 3.08. The number of aryl methyl sites for hydroxylation is 1. The maximum atomic E-state index is 6.79. The Bertz CT molecular complexity index is 450. The molecule has 2 rings (SSSR count). The first kappa shape index (κ1) is 14.5. The molecule has 0 bridgehead atoms. The molecule has 0 N–H and O–H groups in total. The summed E-state index contributed by atoms with van der Waals surface area (Å²) < 4.78 is 10.7. The van der Waals surface area contributed by atoms with Crippen LogP contribution in [-0.2, 0) is 0 Å². The molecule has 0 saturated heterocycles. The number of ether oxygens (including phenoxy) is 2. The first-order valence-corrected chi connectivity index (χ1v) is 7.32. The summed E-state index contributed by atoms with van der Waals surface area (Å²) in [5, 5.41) is 0.0369. The van der Waals surface area contributed by atoms with Crippen LogP contribution >= 0.6 is 11.6 Å². The molecular formula is C16H23ClO2. The van der Waals surface area contributed by atoms with Gasteiger partial charge in [-0.25, -0.2) is 0 Å².